The van der Waals surface area contributed by atoms with Crippen LogP contribution < -0.4 is 5.32 Å². The maximum absolute atomic E-state index is 3.49. The lowest BCUT2D eigenvalue weighted by Crippen LogP contribution is -2.35. The molecule has 0 spiro atoms. The molecule has 0 radical (unpaired) electrons. The molecule has 2 nitrogen and oxygen atoms in total. The quantitative estimate of drug-likeness (QED) is 0.654. The zero-order valence-electron chi connectivity index (χ0n) is 12.3. The van der Waals surface area contributed by atoms with Crippen molar-refractivity contribution in [2.75, 3.05) is 13.1 Å². The van der Waals surface area contributed by atoms with E-state index < -0.39 is 0 Å². The van der Waals surface area contributed by atoms with E-state index in [9.17, 15) is 0 Å². The zero-order valence-corrected chi connectivity index (χ0v) is 12.3. The summed E-state index contributed by atoms with van der Waals surface area (Å²) in [4.78, 5) is 2.75. The van der Waals surface area contributed by atoms with E-state index in [-0.39, 0.29) is 0 Å². The van der Waals surface area contributed by atoms with E-state index in [1.807, 2.05) is 0 Å². The van der Waals surface area contributed by atoms with Crippen molar-refractivity contribution in [3.8, 4) is 0 Å². The van der Waals surface area contributed by atoms with Crippen molar-refractivity contribution in [1.29, 1.82) is 0 Å². The molecule has 0 bridgehead atoms. The Bertz CT molecular complexity index is 193. The highest BCUT2D eigenvalue weighted by molar-refractivity contribution is 4.84. The van der Waals surface area contributed by atoms with E-state index in [0.29, 0.717) is 6.04 Å². The van der Waals surface area contributed by atoms with Crippen LogP contribution in [0.1, 0.15) is 66.2 Å². The van der Waals surface area contributed by atoms with Crippen LogP contribution in [0.2, 0.25) is 0 Å². The lowest BCUT2D eigenvalue weighted by Gasteiger charge is -2.27. The maximum Gasteiger partial charge on any atom is 0.00960 e. The molecule has 3 atom stereocenters. The van der Waals surface area contributed by atoms with Crippen LogP contribution in [0, 0.1) is 0 Å². The Morgan fingerprint density at radius 1 is 1.24 bits per heavy atom. The number of nitrogens with one attached hydrogen (secondary N) is 1. The van der Waals surface area contributed by atoms with Gasteiger partial charge in [-0.1, -0.05) is 20.3 Å². The van der Waals surface area contributed by atoms with Gasteiger partial charge in [0.05, 0.1) is 0 Å². The van der Waals surface area contributed by atoms with E-state index in [0.717, 1.165) is 18.6 Å². The maximum atomic E-state index is 3.49. The Morgan fingerprint density at radius 3 is 2.65 bits per heavy atom. The molecule has 1 N–H and O–H groups in total. The predicted molar refractivity (Wildman–Crippen MR) is 76.5 cm³/mol. The summed E-state index contributed by atoms with van der Waals surface area (Å²) < 4.78 is 0. The van der Waals surface area contributed by atoms with E-state index in [2.05, 4.69) is 37.9 Å². The third kappa shape index (κ3) is 4.97. The first kappa shape index (κ1) is 15.0. The van der Waals surface area contributed by atoms with Gasteiger partial charge in [-0.15, -0.1) is 0 Å². The summed E-state index contributed by atoms with van der Waals surface area (Å²) in [5.41, 5.74) is 0. The molecule has 2 heteroatoms. The minimum absolute atomic E-state index is 0.693. The number of hydrogen-bond donors (Lipinski definition) is 1. The second kappa shape index (κ2) is 8.10. The minimum atomic E-state index is 0.693. The van der Waals surface area contributed by atoms with Gasteiger partial charge in [-0.2, -0.15) is 0 Å². The third-order valence-electron chi connectivity index (χ3n) is 4.28. The summed E-state index contributed by atoms with van der Waals surface area (Å²) in [6, 6.07) is 2.39. The van der Waals surface area contributed by atoms with Crippen LogP contribution in [-0.4, -0.2) is 36.1 Å². The average Bonchev–Trinajstić information content (AvgIpc) is 2.66. The highest BCUT2D eigenvalue weighted by Crippen LogP contribution is 2.26. The van der Waals surface area contributed by atoms with Crippen molar-refractivity contribution in [3.05, 3.63) is 0 Å². The number of unbranched alkanes of at least 4 members (excludes halogenated alkanes) is 1. The van der Waals surface area contributed by atoms with Gasteiger partial charge in [0.1, 0.15) is 0 Å². The topological polar surface area (TPSA) is 15.3 Å². The molecule has 0 saturated carbocycles. The van der Waals surface area contributed by atoms with Crippen molar-refractivity contribution >= 4 is 0 Å². The molecule has 0 aliphatic carbocycles. The minimum Gasteiger partial charge on any atom is -0.315 e. The van der Waals surface area contributed by atoms with E-state index in [1.54, 1.807) is 0 Å². The molecule has 0 aromatic carbocycles. The van der Waals surface area contributed by atoms with Crippen LogP contribution in [0.4, 0.5) is 0 Å². The molecule has 1 saturated heterocycles. The fourth-order valence-electron chi connectivity index (χ4n) is 3.16. The first-order valence-corrected chi connectivity index (χ1v) is 7.68. The molecule has 0 aromatic heterocycles. The van der Waals surface area contributed by atoms with Gasteiger partial charge in [0.15, 0.2) is 0 Å². The SMILES string of the molecule is CCNC(C)CCCCN1C(C)CCC1CC. The molecule has 1 rings (SSSR count). The average molecular weight is 240 g/mol. The molecule has 0 amide bonds. The highest BCUT2D eigenvalue weighted by atomic mass is 15.2. The van der Waals surface area contributed by atoms with Gasteiger partial charge in [0.25, 0.3) is 0 Å². The molecule has 1 fully saturated rings. The fraction of sp³-hybridized carbons (Fsp3) is 1.00. The monoisotopic (exact) mass is 240 g/mol. The Kier molecular flexibility index (Phi) is 7.14. The van der Waals surface area contributed by atoms with Crippen molar-refractivity contribution in [2.45, 2.75) is 84.3 Å². The van der Waals surface area contributed by atoms with Crippen LogP contribution in [0.15, 0.2) is 0 Å². The zero-order chi connectivity index (χ0) is 12.7. The number of rotatable bonds is 8. The van der Waals surface area contributed by atoms with Crippen LogP contribution in [0.25, 0.3) is 0 Å². The van der Waals surface area contributed by atoms with Crippen LogP contribution >= 0.6 is 0 Å². The summed E-state index contributed by atoms with van der Waals surface area (Å²) in [6.07, 6.45) is 8.23. The number of nitrogens with zero attached hydrogens (tertiary/aromatic N) is 1. The molecule has 17 heavy (non-hydrogen) atoms. The summed E-state index contributed by atoms with van der Waals surface area (Å²) in [5, 5.41) is 3.49. The Morgan fingerprint density at radius 2 is 2.00 bits per heavy atom. The summed E-state index contributed by atoms with van der Waals surface area (Å²) in [7, 11) is 0. The summed E-state index contributed by atoms with van der Waals surface area (Å²) in [6.45, 7) is 11.6. The van der Waals surface area contributed by atoms with Crippen molar-refractivity contribution in [2.24, 2.45) is 0 Å². The fourth-order valence-corrected chi connectivity index (χ4v) is 3.16. The Balaban J connectivity index is 2.13. The molecular formula is C15H32N2. The van der Waals surface area contributed by atoms with E-state index >= 15 is 0 Å². The van der Waals surface area contributed by atoms with E-state index in [1.165, 1.54) is 45.1 Å². The van der Waals surface area contributed by atoms with Crippen molar-refractivity contribution in [1.82, 2.24) is 10.2 Å². The summed E-state index contributed by atoms with van der Waals surface area (Å²) in [5.74, 6) is 0. The highest BCUT2D eigenvalue weighted by Gasteiger charge is 2.28. The second-order valence-electron chi connectivity index (χ2n) is 5.68. The van der Waals surface area contributed by atoms with E-state index in [4.69, 9.17) is 0 Å². The standard InChI is InChI=1S/C15H32N2/c1-5-15-11-10-14(4)17(15)12-8-7-9-13(3)16-6-2/h13-16H,5-12H2,1-4H3. The lowest BCUT2D eigenvalue weighted by molar-refractivity contribution is 0.193. The van der Waals surface area contributed by atoms with Gasteiger partial charge >= 0.3 is 0 Å². The van der Waals surface area contributed by atoms with Crippen LogP contribution in [0.3, 0.4) is 0 Å². The number of likely N-dealkylation sites (tertiary alicyclic amines) is 1. The lowest BCUT2D eigenvalue weighted by atomic mass is 10.1. The van der Waals surface area contributed by atoms with Gasteiger partial charge in [-0.3, -0.25) is 4.90 Å². The normalized spacial score (nSPS) is 27.5. The first-order valence-electron chi connectivity index (χ1n) is 7.68. The van der Waals surface area contributed by atoms with Gasteiger partial charge in [0.2, 0.25) is 0 Å². The largest absolute Gasteiger partial charge is 0.315 e. The van der Waals surface area contributed by atoms with Crippen molar-refractivity contribution in [3.63, 3.8) is 0 Å². The smallest absolute Gasteiger partial charge is 0.00960 e. The predicted octanol–water partition coefficient (Wildman–Crippen LogP) is 3.42. The van der Waals surface area contributed by atoms with Gasteiger partial charge in [-0.05, 0) is 59.0 Å². The number of hydrogen-bond acceptors (Lipinski definition) is 2. The molecule has 102 valence electrons. The van der Waals surface area contributed by atoms with Crippen LogP contribution in [-0.2, 0) is 0 Å². The molecule has 1 heterocycles. The molecule has 1 aliphatic heterocycles. The van der Waals surface area contributed by atoms with Gasteiger partial charge in [-0.25, -0.2) is 0 Å². The molecular weight excluding hydrogens is 208 g/mol. The van der Waals surface area contributed by atoms with Gasteiger partial charge < -0.3 is 5.32 Å². The van der Waals surface area contributed by atoms with Crippen LogP contribution in [0.5, 0.6) is 0 Å². The molecule has 1 aliphatic rings. The molecule has 3 unspecified atom stereocenters. The Labute approximate surface area is 108 Å². The van der Waals surface area contributed by atoms with Gasteiger partial charge in [0, 0.05) is 18.1 Å². The third-order valence-corrected chi connectivity index (χ3v) is 4.28. The Hall–Kier alpha value is -0.0800. The molecule has 0 aromatic rings. The second-order valence-corrected chi connectivity index (χ2v) is 5.68. The summed E-state index contributed by atoms with van der Waals surface area (Å²) >= 11 is 0. The van der Waals surface area contributed by atoms with Crippen molar-refractivity contribution < 1.29 is 0 Å². The first-order chi connectivity index (χ1) is 8.19.